The van der Waals surface area contributed by atoms with Crippen LogP contribution in [0.25, 0.3) is 0 Å². The number of pyridine rings is 1. The van der Waals surface area contributed by atoms with E-state index < -0.39 is 0 Å². The van der Waals surface area contributed by atoms with Gasteiger partial charge in [0.1, 0.15) is 11.6 Å². The van der Waals surface area contributed by atoms with Crippen molar-refractivity contribution >= 4 is 5.82 Å². The summed E-state index contributed by atoms with van der Waals surface area (Å²) < 4.78 is 0. The Bertz CT molecular complexity index is 310. The number of hydrogen-bond donors (Lipinski definition) is 3. The Morgan fingerprint density at radius 1 is 1.42 bits per heavy atom. The molecule has 12 heavy (non-hydrogen) atoms. The van der Waals surface area contributed by atoms with Crippen LogP contribution in [0.1, 0.15) is 16.8 Å². The predicted molar refractivity (Wildman–Crippen MR) is 47.7 cm³/mol. The van der Waals surface area contributed by atoms with Gasteiger partial charge in [0.15, 0.2) is 0 Å². The van der Waals surface area contributed by atoms with Gasteiger partial charge in [0.2, 0.25) is 0 Å². The van der Waals surface area contributed by atoms with Crippen LogP contribution in [0.4, 0.5) is 5.82 Å². The lowest BCUT2D eigenvalue weighted by atomic mass is 10.1. The van der Waals surface area contributed by atoms with E-state index in [0.717, 1.165) is 11.1 Å². The highest BCUT2D eigenvalue weighted by atomic mass is 16.3. The molecule has 0 aromatic carbocycles. The number of nitrogens with zero attached hydrogens (tertiary/aromatic N) is 1. The lowest BCUT2D eigenvalue weighted by Crippen LogP contribution is -2.07. The molecule has 0 spiro atoms. The Balaban J connectivity index is 3.40. The summed E-state index contributed by atoms with van der Waals surface area (Å²) in [4.78, 5) is 3.95. The van der Waals surface area contributed by atoms with Crippen LogP contribution in [0.5, 0.6) is 5.75 Å². The second-order valence-electron chi connectivity index (χ2n) is 2.74. The van der Waals surface area contributed by atoms with Crippen LogP contribution in [0, 0.1) is 13.8 Å². The largest absolute Gasteiger partial charge is 0.506 e. The minimum atomic E-state index is 0.185. The minimum Gasteiger partial charge on any atom is -0.506 e. The highest BCUT2D eigenvalue weighted by Crippen LogP contribution is 2.25. The minimum absolute atomic E-state index is 0.185. The van der Waals surface area contributed by atoms with Gasteiger partial charge in [-0.05, 0) is 13.8 Å². The van der Waals surface area contributed by atoms with E-state index in [1.165, 1.54) is 0 Å². The molecule has 0 fully saturated rings. The van der Waals surface area contributed by atoms with E-state index in [1.54, 1.807) is 13.8 Å². The molecule has 1 aromatic heterocycles. The summed E-state index contributed by atoms with van der Waals surface area (Å²) in [6.07, 6.45) is 0. The van der Waals surface area contributed by atoms with Crippen molar-refractivity contribution in [1.82, 2.24) is 4.98 Å². The molecule has 1 aromatic rings. The summed E-state index contributed by atoms with van der Waals surface area (Å²) in [5.41, 5.74) is 13.0. The molecule has 0 bridgehead atoms. The van der Waals surface area contributed by atoms with E-state index >= 15 is 0 Å². The Morgan fingerprint density at radius 2 is 2.00 bits per heavy atom. The van der Waals surface area contributed by atoms with Crippen molar-refractivity contribution in [2.75, 3.05) is 5.73 Å². The van der Waals surface area contributed by atoms with Crippen molar-refractivity contribution in [3.63, 3.8) is 0 Å². The highest BCUT2D eigenvalue weighted by Gasteiger charge is 2.09. The predicted octanol–water partition coefficient (Wildman–Crippen LogP) is 0.445. The molecule has 1 rings (SSSR count). The summed E-state index contributed by atoms with van der Waals surface area (Å²) in [6.45, 7) is 3.79. The van der Waals surface area contributed by atoms with Crippen molar-refractivity contribution in [1.29, 1.82) is 0 Å². The number of aromatic hydroxyl groups is 1. The number of rotatable bonds is 1. The fourth-order valence-corrected chi connectivity index (χ4v) is 1.17. The van der Waals surface area contributed by atoms with E-state index in [9.17, 15) is 5.11 Å². The lowest BCUT2D eigenvalue weighted by molar-refractivity contribution is 0.462. The lowest BCUT2D eigenvalue weighted by Gasteiger charge is -2.09. The molecule has 0 aliphatic rings. The number of nitrogen functional groups attached to an aromatic ring is 1. The molecule has 0 saturated heterocycles. The quantitative estimate of drug-likeness (QED) is 0.566. The number of aryl methyl sites for hydroxylation is 1. The summed E-state index contributed by atoms with van der Waals surface area (Å²) >= 11 is 0. The zero-order valence-corrected chi connectivity index (χ0v) is 7.26. The van der Waals surface area contributed by atoms with Crippen LogP contribution in [-0.4, -0.2) is 10.1 Å². The van der Waals surface area contributed by atoms with Crippen LogP contribution in [0.3, 0.4) is 0 Å². The van der Waals surface area contributed by atoms with Gasteiger partial charge in [-0.3, -0.25) is 0 Å². The maximum Gasteiger partial charge on any atom is 0.140 e. The van der Waals surface area contributed by atoms with Gasteiger partial charge in [0.25, 0.3) is 0 Å². The fourth-order valence-electron chi connectivity index (χ4n) is 1.17. The third-order valence-corrected chi connectivity index (χ3v) is 1.95. The van der Waals surface area contributed by atoms with Crippen LogP contribution < -0.4 is 11.5 Å². The van der Waals surface area contributed by atoms with Crippen LogP contribution in [0.2, 0.25) is 0 Å². The molecule has 4 nitrogen and oxygen atoms in total. The van der Waals surface area contributed by atoms with Crippen molar-refractivity contribution in [2.45, 2.75) is 20.4 Å². The van der Waals surface area contributed by atoms with Gasteiger partial charge in [0.05, 0.1) is 5.69 Å². The van der Waals surface area contributed by atoms with Gasteiger partial charge in [-0.1, -0.05) is 0 Å². The Hall–Kier alpha value is -1.29. The third kappa shape index (κ3) is 1.21. The standard InChI is InChI=1S/C8H13N3O/c1-4-6(3-9)8(10)11-5(2)7(4)12/h12H,3,9H2,1-2H3,(H2,10,11). The van der Waals surface area contributed by atoms with Gasteiger partial charge in [-0.15, -0.1) is 0 Å². The van der Waals surface area contributed by atoms with Gasteiger partial charge in [-0.2, -0.15) is 0 Å². The SMILES string of the molecule is Cc1nc(N)c(CN)c(C)c1O. The molecule has 0 aliphatic heterocycles. The van der Waals surface area contributed by atoms with Crippen molar-refractivity contribution < 1.29 is 5.11 Å². The van der Waals surface area contributed by atoms with Crippen molar-refractivity contribution in [3.8, 4) is 5.75 Å². The molecule has 66 valence electrons. The maximum absolute atomic E-state index is 9.47. The van der Waals surface area contributed by atoms with E-state index in [2.05, 4.69) is 4.98 Å². The Labute approximate surface area is 71.2 Å². The zero-order chi connectivity index (χ0) is 9.30. The summed E-state index contributed by atoms with van der Waals surface area (Å²) in [7, 11) is 0. The summed E-state index contributed by atoms with van der Waals surface area (Å²) in [5.74, 6) is 0.593. The second-order valence-corrected chi connectivity index (χ2v) is 2.74. The van der Waals surface area contributed by atoms with Gasteiger partial charge < -0.3 is 16.6 Å². The monoisotopic (exact) mass is 167 g/mol. The molecule has 0 saturated carbocycles. The first kappa shape index (κ1) is 8.80. The van der Waals surface area contributed by atoms with E-state index in [1.807, 2.05) is 0 Å². The fraction of sp³-hybridized carbons (Fsp3) is 0.375. The Morgan fingerprint density at radius 3 is 2.50 bits per heavy atom. The Kier molecular flexibility index (Phi) is 2.19. The van der Waals surface area contributed by atoms with Crippen LogP contribution in [0.15, 0.2) is 0 Å². The molecule has 0 radical (unpaired) electrons. The normalized spacial score (nSPS) is 10.2. The molecule has 0 atom stereocenters. The van der Waals surface area contributed by atoms with E-state index in [-0.39, 0.29) is 5.75 Å². The second kappa shape index (κ2) is 2.98. The van der Waals surface area contributed by atoms with Crippen LogP contribution in [-0.2, 0) is 6.54 Å². The molecule has 1 heterocycles. The van der Waals surface area contributed by atoms with Crippen molar-refractivity contribution in [2.24, 2.45) is 5.73 Å². The molecule has 4 heteroatoms. The molecule has 5 N–H and O–H groups in total. The molecular weight excluding hydrogens is 154 g/mol. The smallest absolute Gasteiger partial charge is 0.140 e. The van der Waals surface area contributed by atoms with E-state index in [0.29, 0.717) is 18.1 Å². The van der Waals surface area contributed by atoms with Gasteiger partial charge >= 0.3 is 0 Å². The van der Waals surface area contributed by atoms with Gasteiger partial charge in [-0.25, -0.2) is 4.98 Å². The third-order valence-electron chi connectivity index (χ3n) is 1.95. The maximum atomic E-state index is 9.47. The van der Waals surface area contributed by atoms with Gasteiger partial charge in [0, 0.05) is 17.7 Å². The average Bonchev–Trinajstić information content (AvgIpc) is 2.01. The molecular formula is C8H13N3O. The summed E-state index contributed by atoms with van der Waals surface area (Å²) in [5, 5.41) is 9.47. The van der Waals surface area contributed by atoms with Crippen molar-refractivity contribution in [3.05, 3.63) is 16.8 Å². The van der Waals surface area contributed by atoms with E-state index in [4.69, 9.17) is 11.5 Å². The number of aromatic nitrogens is 1. The number of hydrogen-bond acceptors (Lipinski definition) is 4. The highest BCUT2D eigenvalue weighted by molar-refractivity contribution is 5.52. The summed E-state index contributed by atoms with van der Waals surface area (Å²) in [6, 6.07) is 0. The number of anilines is 1. The first-order valence-corrected chi connectivity index (χ1v) is 3.72. The average molecular weight is 167 g/mol. The first-order chi connectivity index (χ1) is 5.57. The zero-order valence-electron chi connectivity index (χ0n) is 7.26. The molecule has 0 unspecified atom stereocenters. The first-order valence-electron chi connectivity index (χ1n) is 3.72. The number of nitrogens with two attached hydrogens (primary N) is 2. The molecule has 0 amide bonds. The van der Waals surface area contributed by atoms with Crippen LogP contribution >= 0.6 is 0 Å². The molecule has 0 aliphatic carbocycles. The topological polar surface area (TPSA) is 85.2 Å².